The van der Waals surface area contributed by atoms with E-state index in [9.17, 15) is 30.0 Å². The number of rotatable bonds is 5. The van der Waals surface area contributed by atoms with E-state index in [0.29, 0.717) is 25.2 Å². The highest BCUT2D eigenvalue weighted by Gasteiger charge is 2.35. The lowest BCUT2D eigenvalue weighted by Crippen LogP contribution is -2.22. The first kappa shape index (κ1) is 23.9. The van der Waals surface area contributed by atoms with Gasteiger partial charge in [0.1, 0.15) is 4.90 Å². The summed E-state index contributed by atoms with van der Waals surface area (Å²) < 4.78 is 94.2. The molecule has 3 heterocycles. The molecule has 8 nitrogen and oxygen atoms in total. The van der Waals surface area contributed by atoms with Crippen molar-refractivity contribution < 1.29 is 30.0 Å². The Kier molecular flexibility index (Phi) is 5.92. The van der Waals surface area contributed by atoms with Gasteiger partial charge < -0.3 is 4.90 Å². The Morgan fingerprint density at radius 3 is 2.39 bits per heavy atom. The fourth-order valence-corrected chi connectivity index (χ4v) is 7.74. The summed E-state index contributed by atoms with van der Waals surface area (Å²) in [7, 11) is -7.52. The third-order valence-electron chi connectivity index (χ3n) is 6.10. The number of aromatic nitrogens is 2. The molecule has 0 spiro atoms. The lowest BCUT2D eigenvalue weighted by molar-refractivity contribution is -0.137. The standard InChI is InChI=1S/C20H25F3N4O4S2/c1-13-19(14(2)27(24-13)16-7-10-32(28,29)12-16)33(30,31)25-17-11-15(20(21,22)23)5-6-18(17)26-8-3-4-9-26/h5-6,11,16,25H,3-4,7-10,12H2,1-2H3/t16-/m0/s1. The topological polar surface area (TPSA) is 101 Å². The number of aryl methyl sites for hydroxylation is 1. The number of nitrogens with one attached hydrogen (secondary N) is 1. The molecule has 0 unspecified atom stereocenters. The summed E-state index contributed by atoms with van der Waals surface area (Å²) in [4.78, 5) is 1.70. The number of sulfonamides is 1. The largest absolute Gasteiger partial charge is 0.416 e. The van der Waals surface area contributed by atoms with Gasteiger partial charge in [0, 0.05) is 13.1 Å². The van der Waals surface area contributed by atoms with Gasteiger partial charge in [0.15, 0.2) is 9.84 Å². The van der Waals surface area contributed by atoms with Crippen molar-refractivity contribution in [3.63, 3.8) is 0 Å². The van der Waals surface area contributed by atoms with E-state index in [1.165, 1.54) is 24.6 Å². The second-order valence-electron chi connectivity index (χ2n) is 8.53. The summed E-state index contributed by atoms with van der Waals surface area (Å²) in [5, 5.41) is 4.26. The summed E-state index contributed by atoms with van der Waals surface area (Å²) >= 11 is 0. The van der Waals surface area contributed by atoms with Crippen molar-refractivity contribution in [1.29, 1.82) is 0 Å². The zero-order valence-electron chi connectivity index (χ0n) is 18.2. The summed E-state index contributed by atoms with van der Waals surface area (Å²) in [6.07, 6.45) is -2.58. The minimum atomic E-state index is -4.63. The third kappa shape index (κ3) is 4.70. The van der Waals surface area contributed by atoms with Crippen molar-refractivity contribution in [2.75, 3.05) is 34.2 Å². The van der Waals surface area contributed by atoms with Crippen molar-refractivity contribution >= 4 is 31.2 Å². The lowest BCUT2D eigenvalue weighted by Gasteiger charge is -2.23. The van der Waals surface area contributed by atoms with Gasteiger partial charge in [-0.25, -0.2) is 16.8 Å². The van der Waals surface area contributed by atoms with E-state index in [1.807, 2.05) is 4.90 Å². The molecule has 1 aromatic heterocycles. The second-order valence-corrected chi connectivity index (χ2v) is 12.4. The Morgan fingerprint density at radius 2 is 1.82 bits per heavy atom. The van der Waals surface area contributed by atoms with E-state index in [1.54, 1.807) is 0 Å². The molecule has 33 heavy (non-hydrogen) atoms. The molecule has 0 saturated carbocycles. The highest BCUT2D eigenvalue weighted by atomic mass is 32.2. The van der Waals surface area contributed by atoms with E-state index in [4.69, 9.17) is 0 Å². The number of anilines is 2. The SMILES string of the molecule is Cc1nn([C@H]2CCS(=O)(=O)C2)c(C)c1S(=O)(=O)Nc1cc(C(F)(F)F)ccc1N1CCCC1. The predicted octanol–water partition coefficient (Wildman–Crippen LogP) is 3.28. The van der Waals surface area contributed by atoms with Crippen LogP contribution >= 0.6 is 0 Å². The van der Waals surface area contributed by atoms with Crippen molar-refractivity contribution in [1.82, 2.24) is 9.78 Å². The van der Waals surface area contributed by atoms with Gasteiger partial charge in [-0.2, -0.15) is 18.3 Å². The van der Waals surface area contributed by atoms with E-state index >= 15 is 0 Å². The average molecular weight is 507 g/mol. The molecule has 0 aliphatic carbocycles. The van der Waals surface area contributed by atoms with Crippen LogP contribution < -0.4 is 9.62 Å². The van der Waals surface area contributed by atoms with Gasteiger partial charge in [-0.05, 0) is 51.3 Å². The second kappa shape index (κ2) is 8.19. The van der Waals surface area contributed by atoms with Crippen LogP contribution in [0.4, 0.5) is 24.5 Å². The normalized spacial score (nSPS) is 21.0. The molecule has 0 bridgehead atoms. The highest BCUT2D eigenvalue weighted by Crippen LogP contribution is 2.38. The number of sulfone groups is 1. The molecule has 2 aromatic rings. The quantitative estimate of drug-likeness (QED) is 0.668. The Hall–Kier alpha value is -2.28. The summed E-state index contributed by atoms with van der Waals surface area (Å²) in [6.45, 7) is 4.24. The average Bonchev–Trinajstić information content (AvgIpc) is 3.40. The summed E-state index contributed by atoms with van der Waals surface area (Å²) in [5.41, 5.74) is -0.324. The maximum atomic E-state index is 13.3. The van der Waals surface area contributed by atoms with Gasteiger partial charge in [-0.15, -0.1) is 0 Å². The maximum absolute atomic E-state index is 13.3. The molecule has 2 saturated heterocycles. The number of halogens is 3. The smallest absolute Gasteiger partial charge is 0.370 e. The number of alkyl halides is 3. The number of hydrogen-bond acceptors (Lipinski definition) is 6. The van der Waals surface area contributed by atoms with Gasteiger partial charge in [0.25, 0.3) is 10.0 Å². The third-order valence-corrected chi connectivity index (χ3v) is 9.46. The molecule has 4 rings (SSSR count). The first-order valence-corrected chi connectivity index (χ1v) is 13.8. The molecule has 2 aliphatic heterocycles. The molecule has 1 atom stereocenters. The molecule has 0 amide bonds. The number of benzene rings is 1. The molecule has 1 N–H and O–H groups in total. The van der Waals surface area contributed by atoms with Crippen molar-refractivity contribution in [3.8, 4) is 0 Å². The Labute approximate surface area is 190 Å². The van der Waals surface area contributed by atoms with E-state index < -0.39 is 37.6 Å². The van der Waals surface area contributed by atoms with E-state index in [2.05, 4.69) is 9.82 Å². The molecule has 2 fully saturated rings. The maximum Gasteiger partial charge on any atom is 0.416 e. The van der Waals surface area contributed by atoms with Crippen LogP contribution in [0, 0.1) is 13.8 Å². The minimum absolute atomic E-state index is 0.000221. The molecule has 13 heteroatoms. The van der Waals surface area contributed by atoms with Crippen molar-refractivity contribution in [2.45, 2.75) is 50.2 Å². The molecule has 0 radical (unpaired) electrons. The van der Waals surface area contributed by atoms with Crippen LogP contribution in [0.5, 0.6) is 0 Å². The van der Waals surface area contributed by atoms with Crippen LogP contribution in [0.2, 0.25) is 0 Å². The Balaban J connectivity index is 1.73. The monoisotopic (exact) mass is 506 g/mol. The van der Waals surface area contributed by atoms with Crippen molar-refractivity contribution in [3.05, 3.63) is 35.2 Å². The lowest BCUT2D eigenvalue weighted by atomic mass is 10.1. The van der Waals surface area contributed by atoms with Crippen LogP contribution in [0.3, 0.4) is 0 Å². The summed E-state index contributed by atoms with van der Waals surface area (Å²) in [6, 6.07) is 2.56. The molecular formula is C20H25F3N4O4S2. The molecule has 2 aliphatic rings. The summed E-state index contributed by atoms with van der Waals surface area (Å²) in [5.74, 6) is -0.131. The van der Waals surface area contributed by atoms with Gasteiger partial charge >= 0.3 is 6.18 Å². The number of nitrogens with zero attached hydrogens (tertiary/aromatic N) is 3. The zero-order valence-corrected chi connectivity index (χ0v) is 19.8. The van der Waals surface area contributed by atoms with E-state index in [-0.39, 0.29) is 33.5 Å². The zero-order chi connectivity index (χ0) is 24.2. The van der Waals surface area contributed by atoms with Crippen molar-refractivity contribution in [2.24, 2.45) is 0 Å². The van der Waals surface area contributed by atoms with Crippen LogP contribution in [-0.4, -0.2) is 51.2 Å². The molecule has 182 valence electrons. The Morgan fingerprint density at radius 1 is 1.15 bits per heavy atom. The van der Waals surface area contributed by atoms with Crippen LogP contribution in [0.25, 0.3) is 0 Å². The van der Waals surface area contributed by atoms with Gasteiger partial charge in [0.2, 0.25) is 0 Å². The fourth-order valence-electron chi connectivity index (χ4n) is 4.58. The van der Waals surface area contributed by atoms with Crippen LogP contribution in [0.1, 0.15) is 42.3 Å². The van der Waals surface area contributed by atoms with Gasteiger partial charge in [-0.1, -0.05) is 0 Å². The van der Waals surface area contributed by atoms with Crippen LogP contribution in [0.15, 0.2) is 23.1 Å². The minimum Gasteiger partial charge on any atom is -0.370 e. The number of hydrogen-bond donors (Lipinski definition) is 1. The first-order chi connectivity index (χ1) is 15.3. The predicted molar refractivity (Wildman–Crippen MR) is 118 cm³/mol. The first-order valence-electron chi connectivity index (χ1n) is 10.5. The van der Waals surface area contributed by atoms with Gasteiger partial charge in [0.05, 0.1) is 45.9 Å². The molecular weight excluding hydrogens is 481 g/mol. The Bertz CT molecular complexity index is 1280. The van der Waals surface area contributed by atoms with E-state index in [0.717, 1.165) is 25.0 Å². The molecule has 1 aromatic carbocycles. The van der Waals surface area contributed by atoms with Crippen LogP contribution in [-0.2, 0) is 26.0 Å². The highest BCUT2D eigenvalue weighted by molar-refractivity contribution is 7.93. The fraction of sp³-hybridized carbons (Fsp3) is 0.550. The van der Waals surface area contributed by atoms with Gasteiger partial charge in [-0.3, -0.25) is 9.40 Å².